The molecule has 1 N–H and O–H groups in total. The fourth-order valence-corrected chi connectivity index (χ4v) is 3.18. The predicted octanol–water partition coefficient (Wildman–Crippen LogP) is 3.44. The van der Waals surface area contributed by atoms with Crippen LogP contribution in [0.15, 0.2) is 12.2 Å². The van der Waals surface area contributed by atoms with E-state index in [1.165, 1.54) is 0 Å². The zero-order valence-electron chi connectivity index (χ0n) is 11.1. The summed E-state index contributed by atoms with van der Waals surface area (Å²) in [5, 5.41) is 8.89. The van der Waals surface area contributed by atoms with E-state index < -0.39 is 5.97 Å². The molecule has 4 heteroatoms. The Balaban J connectivity index is 2.78. The van der Waals surface area contributed by atoms with Crippen molar-refractivity contribution >= 4 is 17.7 Å². The summed E-state index contributed by atoms with van der Waals surface area (Å²) in [5.74, 6) is -0.562. The van der Waals surface area contributed by atoms with Crippen molar-refractivity contribution in [2.75, 3.05) is 0 Å². The van der Waals surface area contributed by atoms with E-state index >= 15 is 0 Å². The highest BCUT2D eigenvalue weighted by molar-refractivity contribution is 6.14. The number of rotatable bonds is 3. The molecule has 0 radical (unpaired) electrons. The predicted molar refractivity (Wildman–Crippen MR) is 70.0 cm³/mol. The van der Waals surface area contributed by atoms with Crippen LogP contribution in [0.3, 0.4) is 0 Å². The van der Waals surface area contributed by atoms with Gasteiger partial charge in [0, 0.05) is 16.7 Å². The largest absolute Gasteiger partial charge is 0.478 e. The van der Waals surface area contributed by atoms with Gasteiger partial charge in [-0.3, -0.25) is 0 Å². The zero-order valence-corrected chi connectivity index (χ0v) is 11.8. The standard InChI is InChI=1S/C13H22ClNO2/c1-9(11(16)17)6-10-7-12(2,3)15(14)13(4,5)8-10/h10H,1,6-8H2,2-5H3,(H,16,17). The lowest BCUT2D eigenvalue weighted by Crippen LogP contribution is -2.55. The lowest BCUT2D eigenvalue weighted by molar-refractivity contribution is -0.133. The zero-order chi connectivity index (χ0) is 13.4. The van der Waals surface area contributed by atoms with Crippen molar-refractivity contribution in [2.24, 2.45) is 5.92 Å². The summed E-state index contributed by atoms with van der Waals surface area (Å²) in [5.41, 5.74) is 0.0594. The smallest absolute Gasteiger partial charge is 0.330 e. The molecule has 0 aromatic carbocycles. The first-order valence-corrected chi connectivity index (χ1v) is 6.27. The number of carboxylic acid groups (broad SMARTS) is 1. The number of hydrogen-bond acceptors (Lipinski definition) is 2. The van der Waals surface area contributed by atoms with Crippen LogP contribution in [0.4, 0.5) is 0 Å². The van der Waals surface area contributed by atoms with Crippen molar-refractivity contribution in [2.45, 2.75) is 58.0 Å². The topological polar surface area (TPSA) is 40.5 Å². The summed E-state index contributed by atoms with van der Waals surface area (Å²) >= 11 is 6.36. The van der Waals surface area contributed by atoms with Crippen molar-refractivity contribution in [3.05, 3.63) is 12.2 Å². The Kier molecular flexibility index (Phi) is 3.94. The molecule has 0 atom stereocenters. The Morgan fingerprint density at radius 2 is 1.76 bits per heavy atom. The number of hydrogen-bond donors (Lipinski definition) is 1. The molecule has 1 rings (SSSR count). The minimum Gasteiger partial charge on any atom is -0.478 e. The van der Waals surface area contributed by atoms with E-state index in [9.17, 15) is 4.79 Å². The van der Waals surface area contributed by atoms with E-state index in [1.807, 2.05) is 4.42 Å². The average molecular weight is 260 g/mol. The summed E-state index contributed by atoms with van der Waals surface area (Å²) in [6, 6.07) is 0. The number of carbonyl (C=O) groups is 1. The van der Waals surface area contributed by atoms with Gasteiger partial charge in [0.25, 0.3) is 0 Å². The van der Waals surface area contributed by atoms with Crippen molar-refractivity contribution in [3.63, 3.8) is 0 Å². The third-order valence-corrected chi connectivity index (χ3v) is 4.39. The molecule has 0 unspecified atom stereocenters. The molecule has 1 fully saturated rings. The summed E-state index contributed by atoms with van der Waals surface area (Å²) < 4.78 is 1.88. The van der Waals surface area contributed by atoms with Crippen molar-refractivity contribution in [3.8, 4) is 0 Å². The van der Waals surface area contributed by atoms with Crippen molar-refractivity contribution in [1.29, 1.82) is 0 Å². The number of nitrogens with zero attached hydrogens (tertiary/aromatic N) is 1. The molecule has 1 heterocycles. The van der Waals surface area contributed by atoms with Gasteiger partial charge >= 0.3 is 5.97 Å². The van der Waals surface area contributed by atoms with E-state index in [0.717, 1.165) is 12.8 Å². The molecule has 3 nitrogen and oxygen atoms in total. The summed E-state index contributed by atoms with van der Waals surface area (Å²) in [4.78, 5) is 10.8. The second kappa shape index (κ2) is 4.62. The summed E-state index contributed by atoms with van der Waals surface area (Å²) in [7, 11) is 0. The first-order valence-electron chi connectivity index (χ1n) is 5.93. The Morgan fingerprint density at radius 1 is 1.35 bits per heavy atom. The first-order chi connectivity index (χ1) is 7.56. The average Bonchev–Trinajstić information content (AvgIpc) is 2.12. The lowest BCUT2D eigenvalue weighted by Gasteiger charge is -2.51. The maximum Gasteiger partial charge on any atom is 0.330 e. The molecule has 98 valence electrons. The molecular formula is C13H22ClNO2. The van der Waals surface area contributed by atoms with Crippen LogP contribution >= 0.6 is 11.8 Å². The first kappa shape index (κ1) is 14.5. The highest BCUT2D eigenvalue weighted by atomic mass is 35.5. The van der Waals surface area contributed by atoms with Gasteiger partial charge in [0.1, 0.15) is 0 Å². The number of carboxylic acids is 1. The normalized spacial score (nSPS) is 24.5. The van der Waals surface area contributed by atoms with Crippen molar-refractivity contribution in [1.82, 2.24) is 4.42 Å². The van der Waals surface area contributed by atoms with Crippen LogP contribution in [0.5, 0.6) is 0 Å². The van der Waals surface area contributed by atoms with E-state index in [4.69, 9.17) is 16.9 Å². The van der Waals surface area contributed by atoms with Gasteiger partial charge in [0.15, 0.2) is 0 Å². The third kappa shape index (κ3) is 3.23. The molecule has 0 aliphatic carbocycles. The minimum absolute atomic E-state index is 0.118. The molecule has 0 aromatic rings. The quantitative estimate of drug-likeness (QED) is 0.624. The van der Waals surface area contributed by atoms with Gasteiger partial charge in [-0.1, -0.05) is 6.58 Å². The van der Waals surface area contributed by atoms with Crippen LogP contribution in [-0.2, 0) is 4.79 Å². The molecule has 0 spiro atoms. The van der Waals surface area contributed by atoms with Gasteiger partial charge in [-0.05, 0) is 64.7 Å². The van der Waals surface area contributed by atoms with E-state index in [-0.39, 0.29) is 11.1 Å². The molecule has 1 aliphatic rings. The van der Waals surface area contributed by atoms with Crippen LogP contribution in [0, 0.1) is 5.92 Å². The maximum atomic E-state index is 10.8. The second-order valence-electron chi connectivity index (χ2n) is 6.29. The SMILES string of the molecule is C=C(CC1CC(C)(C)N(Cl)C(C)(C)C1)C(=O)O. The molecule has 1 saturated heterocycles. The summed E-state index contributed by atoms with van der Waals surface area (Å²) in [6.07, 6.45) is 2.34. The lowest BCUT2D eigenvalue weighted by atomic mass is 9.74. The third-order valence-electron chi connectivity index (χ3n) is 3.48. The Hall–Kier alpha value is -0.540. The van der Waals surface area contributed by atoms with E-state index in [2.05, 4.69) is 34.3 Å². The fraction of sp³-hybridized carbons (Fsp3) is 0.769. The van der Waals surface area contributed by atoms with Gasteiger partial charge < -0.3 is 5.11 Å². The van der Waals surface area contributed by atoms with Gasteiger partial charge in [-0.25, -0.2) is 9.21 Å². The highest BCUT2D eigenvalue weighted by Crippen LogP contribution is 2.44. The van der Waals surface area contributed by atoms with E-state index in [0.29, 0.717) is 17.9 Å². The highest BCUT2D eigenvalue weighted by Gasteiger charge is 2.44. The molecule has 0 bridgehead atoms. The number of aliphatic carboxylic acids is 1. The number of halogens is 1. The van der Waals surface area contributed by atoms with Gasteiger partial charge in [-0.2, -0.15) is 0 Å². The maximum absolute atomic E-state index is 10.8. The van der Waals surface area contributed by atoms with Gasteiger partial charge in [0.05, 0.1) is 0 Å². The van der Waals surface area contributed by atoms with Crippen LogP contribution < -0.4 is 0 Å². The Morgan fingerprint density at radius 3 is 2.12 bits per heavy atom. The molecule has 0 amide bonds. The fourth-order valence-electron chi connectivity index (χ4n) is 3.04. The van der Waals surface area contributed by atoms with Crippen molar-refractivity contribution < 1.29 is 9.90 Å². The van der Waals surface area contributed by atoms with Gasteiger partial charge in [-0.15, -0.1) is 0 Å². The molecule has 0 saturated carbocycles. The minimum atomic E-state index is -0.895. The molecular weight excluding hydrogens is 238 g/mol. The summed E-state index contributed by atoms with van der Waals surface area (Å²) in [6.45, 7) is 12.0. The number of piperidine rings is 1. The Labute approximate surface area is 109 Å². The molecule has 17 heavy (non-hydrogen) atoms. The molecule has 1 aliphatic heterocycles. The van der Waals surface area contributed by atoms with Gasteiger partial charge in [0.2, 0.25) is 0 Å². The van der Waals surface area contributed by atoms with Crippen LogP contribution in [0.25, 0.3) is 0 Å². The monoisotopic (exact) mass is 259 g/mol. The Bertz CT molecular complexity index is 318. The van der Waals surface area contributed by atoms with Crippen LogP contribution in [0.1, 0.15) is 47.0 Å². The van der Waals surface area contributed by atoms with Crippen LogP contribution in [0.2, 0.25) is 0 Å². The van der Waals surface area contributed by atoms with Crippen LogP contribution in [-0.4, -0.2) is 26.6 Å². The van der Waals surface area contributed by atoms with E-state index in [1.54, 1.807) is 0 Å². The molecule has 0 aromatic heterocycles. The second-order valence-corrected chi connectivity index (χ2v) is 6.63.